The van der Waals surface area contributed by atoms with Crippen molar-refractivity contribution in [1.29, 1.82) is 0 Å². The van der Waals surface area contributed by atoms with E-state index < -0.39 is 0 Å². The second-order valence-electron chi connectivity index (χ2n) is 6.09. The molecule has 0 amide bonds. The Morgan fingerprint density at radius 3 is 2.47 bits per heavy atom. The number of rotatable bonds is 6. The van der Waals surface area contributed by atoms with Gasteiger partial charge in [0.25, 0.3) is 0 Å². The SMILES string of the molecule is CCC1CCCCC1(CN)N(CC)CC(C)C. The Labute approximate surface area is 108 Å². The summed E-state index contributed by atoms with van der Waals surface area (Å²) in [4.78, 5) is 2.69. The van der Waals surface area contributed by atoms with Gasteiger partial charge in [0.1, 0.15) is 0 Å². The Kier molecular flexibility index (Phi) is 5.94. The van der Waals surface area contributed by atoms with Crippen LogP contribution >= 0.6 is 0 Å². The van der Waals surface area contributed by atoms with Crippen molar-refractivity contribution in [3.05, 3.63) is 0 Å². The lowest BCUT2D eigenvalue weighted by Crippen LogP contribution is -2.60. The molecule has 0 radical (unpaired) electrons. The van der Waals surface area contributed by atoms with Gasteiger partial charge in [0, 0.05) is 18.6 Å². The number of likely N-dealkylation sites (N-methyl/N-ethyl adjacent to an activating group) is 1. The molecule has 0 heterocycles. The molecule has 102 valence electrons. The van der Waals surface area contributed by atoms with Crippen LogP contribution in [-0.4, -0.2) is 30.1 Å². The molecule has 0 spiro atoms. The molecule has 2 N–H and O–H groups in total. The Morgan fingerprint density at radius 2 is 2.00 bits per heavy atom. The highest BCUT2D eigenvalue weighted by atomic mass is 15.2. The van der Waals surface area contributed by atoms with Gasteiger partial charge in [-0.25, -0.2) is 0 Å². The highest BCUT2D eigenvalue weighted by molar-refractivity contribution is 4.99. The van der Waals surface area contributed by atoms with Crippen LogP contribution in [0.1, 0.15) is 59.8 Å². The molecule has 0 bridgehead atoms. The molecule has 1 saturated carbocycles. The fourth-order valence-electron chi connectivity index (χ4n) is 3.76. The summed E-state index contributed by atoms with van der Waals surface area (Å²) in [6.07, 6.45) is 6.73. The monoisotopic (exact) mass is 240 g/mol. The van der Waals surface area contributed by atoms with Gasteiger partial charge in [-0.3, -0.25) is 4.90 Å². The quantitative estimate of drug-likeness (QED) is 0.772. The normalized spacial score (nSPS) is 30.2. The van der Waals surface area contributed by atoms with Gasteiger partial charge >= 0.3 is 0 Å². The first kappa shape index (κ1) is 15.0. The largest absolute Gasteiger partial charge is 0.329 e. The number of nitrogens with two attached hydrogens (primary N) is 1. The summed E-state index contributed by atoms with van der Waals surface area (Å²) in [7, 11) is 0. The van der Waals surface area contributed by atoms with Crippen molar-refractivity contribution in [2.75, 3.05) is 19.6 Å². The Bertz CT molecular complexity index is 215. The number of nitrogens with zero attached hydrogens (tertiary/aromatic N) is 1. The Hall–Kier alpha value is -0.0800. The van der Waals surface area contributed by atoms with Crippen molar-refractivity contribution in [3.8, 4) is 0 Å². The van der Waals surface area contributed by atoms with E-state index in [0.29, 0.717) is 5.54 Å². The van der Waals surface area contributed by atoms with Crippen LogP contribution in [-0.2, 0) is 0 Å². The first-order valence-corrected chi connectivity index (χ1v) is 7.55. The van der Waals surface area contributed by atoms with Gasteiger partial charge in [-0.1, -0.05) is 47.0 Å². The van der Waals surface area contributed by atoms with Crippen LogP contribution in [0, 0.1) is 11.8 Å². The summed E-state index contributed by atoms with van der Waals surface area (Å²) in [5.41, 5.74) is 6.51. The van der Waals surface area contributed by atoms with Crippen LogP contribution in [0.2, 0.25) is 0 Å². The van der Waals surface area contributed by atoms with E-state index in [4.69, 9.17) is 5.73 Å². The third-order valence-electron chi connectivity index (χ3n) is 4.62. The minimum atomic E-state index is 0.298. The lowest BCUT2D eigenvalue weighted by atomic mass is 9.70. The molecule has 1 fully saturated rings. The summed E-state index contributed by atoms with van der Waals surface area (Å²) >= 11 is 0. The predicted octanol–water partition coefficient (Wildman–Crippen LogP) is 3.26. The van der Waals surface area contributed by atoms with Crippen molar-refractivity contribution in [2.24, 2.45) is 17.6 Å². The van der Waals surface area contributed by atoms with Gasteiger partial charge in [0.05, 0.1) is 0 Å². The Morgan fingerprint density at radius 1 is 1.29 bits per heavy atom. The fraction of sp³-hybridized carbons (Fsp3) is 1.00. The van der Waals surface area contributed by atoms with Crippen molar-refractivity contribution < 1.29 is 0 Å². The second-order valence-corrected chi connectivity index (χ2v) is 6.09. The zero-order chi connectivity index (χ0) is 12.9. The maximum absolute atomic E-state index is 6.21. The zero-order valence-corrected chi connectivity index (χ0v) is 12.3. The molecule has 0 aromatic carbocycles. The van der Waals surface area contributed by atoms with Crippen LogP contribution in [0.25, 0.3) is 0 Å². The third-order valence-corrected chi connectivity index (χ3v) is 4.62. The van der Waals surface area contributed by atoms with Gasteiger partial charge in [-0.2, -0.15) is 0 Å². The summed E-state index contributed by atoms with van der Waals surface area (Å²) < 4.78 is 0. The predicted molar refractivity (Wildman–Crippen MR) is 76.1 cm³/mol. The minimum absolute atomic E-state index is 0.298. The van der Waals surface area contributed by atoms with E-state index >= 15 is 0 Å². The van der Waals surface area contributed by atoms with Gasteiger partial charge in [0.2, 0.25) is 0 Å². The smallest absolute Gasteiger partial charge is 0.0359 e. The average Bonchev–Trinajstić information content (AvgIpc) is 2.35. The van der Waals surface area contributed by atoms with Gasteiger partial charge < -0.3 is 5.73 Å². The summed E-state index contributed by atoms with van der Waals surface area (Å²) in [5, 5.41) is 0. The standard InChI is InChI=1S/C15H32N2/c1-5-14-9-7-8-10-15(14,12-16)17(6-2)11-13(3)4/h13-14H,5-12,16H2,1-4H3. The average molecular weight is 240 g/mol. The molecular formula is C15H32N2. The molecule has 2 atom stereocenters. The molecule has 1 aliphatic carbocycles. The molecular weight excluding hydrogens is 208 g/mol. The molecule has 1 aliphatic rings. The van der Waals surface area contributed by atoms with Crippen molar-refractivity contribution in [1.82, 2.24) is 4.90 Å². The van der Waals surface area contributed by atoms with Crippen LogP contribution in [0.4, 0.5) is 0 Å². The lowest BCUT2D eigenvalue weighted by molar-refractivity contribution is 0.000118. The molecule has 2 nitrogen and oxygen atoms in total. The van der Waals surface area contributed by atoms with E-state index in [-0.39, 0.29) is 0 Å². The van der Waals surface area contributed by atoms with Crippen LogP contribution in [0.5, 0.6) is 0 Å². The van der Waals surface area contributed by atoms with Crippen molar-refractivity contribution in [3.63, 3.8) is 0 Å². The Balaban J connectivity index is 2.88. The maximum Gasteiger partial charge on any atom is 0.0359 e. The molecule has 17 heavy (non-hydrogen) atoms. The lowest BCUT2D eigenvalue weighted by Gasteiger charge is -2.51. The second kappa shape index (κ2) is 6.75. The molecule has 1 rings (SSSR count). The summed E-state index contributed by atoms with van der Waals surface area (Å²) in [6.45, 7) is 12.4. The topological polar surface area (TPSA) is 29.3 Å². The fourth-order valence-corrected chi connectivity index (χ4v) is 3.76. The summed E-state index contributed by atoms with van der Waals surface area (Å²) in [6, 6.07) is 0. The first-order chi connectivity index (χ1) is 8.10. The van der Waals surface area contributed by atoms with Crippen LogP contribution in [0.15, 0.2) is 0 Å². The zero-order valence-electron chi connectivity index (χ0n) is 12.3. The van der Waals surface area contributed by atoms with Crippen LogP contribution < -0.4 is 5.73 Å². The molecule has 2 unspecified atom stereocenters. The first-order valence-electron chi connectivity index (χ1n) is 7.55. The van der Waals surface area contributed by atoms with Crippen LogP contribution in [0.3, 0.4) is 0 Å². The van der Waals surface area contributed by atoms with E-state index in [9.17, 15) is 0 Å². The van der Waals surface area contributed by atoms with Crippen molar-refractivity contribution >= 4 is 0 Å². The van der Waals surface area contributed by atoms with Gasteiger partial charge in [-0.05, 0) is 31.2 Å². The van der Waals surface area contributed by atoms with E-state index in [2.05, 4.69) is 32.6 Å². The summed E-state index contributed by atoms with van der Waals surface area (Å²) in [5.74, 6) is 1.54. The van der Waals surface area contributed by atoms with E-state index in [0.717, 1.165) is 24.9 Å². The molecule has 0 saturated heterocycles. The highest BCUT2D eigenvalue weighted by Gasteiger charge is 2.42. The van der Waals surface area contributed by atoms with E-state index in [1.807, 2.05) is 0 Å². The number of hydrogen-bond acceptors (Lipinski definition) is 2. The molecule has 0 aliphatic heterocycles. The minimum Gasteiger partial charge on any atom is -0.329 e. The molecule has 0 aromatic heterocycles. The van der Waals surface area contributed by atoms with E-state index in [1.165, 1.54) is 38.6 Å². The molecule has 0 aromatic rings. The number of hydrogen-bond donors (Lipinski definition) is 1. The maximum atomic E-state index is 6.21. The third kappa shape index (κ3) is 3.23. The van der Waals surface area contributed by atoms with Crippen molar-refractivity contribution in [2.45, 2.75) is 65.3 Å². The molecule has 2 heteroatoms. The van der Waals surface area contributed by atoms with Gasteiger partial charge in [0.15, 0.2) is 0 Å². The van der Waals surface area contributed by atoms with Gasteiger partial charge in [-0.15, -0.1) is 0 Å². The highest BCUT2D eigenvalue weighted by Crippen LogP contribution is 2.40. The van der Waals surface area contributed by atoms with E-state index in [1.54, 1.807) is 0 Å².